The minimum atomic E-state index is -0.898. The van der Waals surface area contributed by atoms with Crippen molar-refractivity contribution in [2.24, 2.45) is 11.8 Å². The average molecular weight is 280 g/mol. The van der Waals surface area contributed by atoms with Crippen LogP contribution in [0.2, 0.25) is 0 Å². The van der Waals surface area contributed by atoms with E-state index in [-0.39, 0.29) is 12.4 Å². The second kappa shape index (κ2) is 6.87. The van der Waals surface area contributed by atoms with Crippen molar-refractivity contribution in [3.05, 3.63) is 41.5 Å². The van der Waals surface area contributed by atoms with E-state index in [2.05, 4.69) is 13.0 Å². The molecule has 1 fully saturated rings. The Morgan fingerprint density at radius 3 is 2.55 bits per heavy atom. The molecule has 0 atom stereocenters. The zero-order valence-electron chi connectivity index (χ0n) is 12.2. The Balaban J connectivity index is 1.82. The minimum absolute atomic E-state index is 0.0185. The number of aryl methyl sites for hydroxylation is 1. The second-order valence-electron chi connectivity index (χ2n) is 5.77. The maximum Gasteiger partial charge on any atom is 0.200 e. The molecule has 110 valence electrons. The Labute approximate surface area is 119 Å². The summed E-state index contributed by atoms with van der Waals surface area (Å²) in [7, 11) is 0. The van der Waals surface area contributed by atoms with Crippen molar-refractivity contribution in [2.75, 3.05) is 6.61 Å². The second-order valence-corrected chi connectivity index (χ2v) is 5.77. The summed E-state index contributed by atoms with van der Waals surface area (Å²) in [4.78, 5) is 0. The molecule has 1 aromatic rings. The van der Waals surface area contributed by atoms with E-state index in [1.807, 2.05) is 6.08 Å². The van der Waals surface area contributed by atoms with Gasteiger partial charge in [-0.1, -0.05) is 38.0 Å². The van der Waals surface area contributed by atoms with Crippen LogP contribution in [0.3, 0.4) is 0 Å². The van der Waals surface area contributed by atoms with Crippen LogP contribution in [0.15, 0.2) is 24.3 Å². The van der Waals surface area contributed by atoms with Gasteiger partial charge in [0.05, 0.1) is 0 Å². The molecule has 0 amide bonds. The van der Waals surface area contributed by atoms with Crippen LogP contribution in [0.4, 0.5) is 8.78 Å². The molecule has 20 heavy (non-hydrogen) atoms. The fourth-order valence-corrected chi connectivity index (χ4v) is 2.60. The molecule has 0 bridgehead atoms. The number of halogens is 2. The molecule has 1 aliphatic carbocycles. The maximum atomic E-state index is 13.6. The number of hydrogen-bond acceptors (Lipinski definition) is 1. The first-order valence-corrected chi connectivity index (χ1v) is 7.32. The molecular weight excluding hydrogens is 258 g/mol. The van der Waals surface area contributed by atoms with E-state index in [1.165, 1.54) is 44.7 Å². The summed E-state index contributed by atoms with van der Waals surface area (Å²) < 4.78 is 32.2. The van der Waals surface area contributed by atoms with E-state index in [4.69, 9.17) is 4.74 Å². The quantitative estimate of drug-likeness (QED) is 0.702. The van der Waals surface area contributed by atoms with E-state index in [0.717, 1.165) is 5.92 Å². The van der Waals surface area contributed by atoms with Gasteiger partial charge in [0.15, 0.2) is 11.6 Å². The van der Waals surface area contributed by atoms with Gasteiger partial charge in [-0.15, -0.1) is 0 Å². The summed E-state index contributed by atoms with van der Waals surface area (Å²) >= 11 is 0. The van der Waals surface area contributed by atoms with Crippen molar-refractivity contribution in [3.8, 4) is 5.75 Å². The highest BCUT2D eigenvalue weighted by Gasteiger charge is 2.15. The van der Waals surface area contributed by atoms with Crippen molar-refractivity contribution in [1.82, 2.24) is 0 Å². The Morgan fingerprint density at radius 1 is 1.15 bits per heavy atom. The predicted molar refractivity (Wildman–Crippen MR) is 76.9 cm³/mol. The van der Waals surface area contributed by atoms with Gasteiger partial charge >= 0.3 is 0 Å². The SMILES string of the molecule is Cc1ccc(OCC=CC2CCC(C)CC2)c(F)c1F. The summed E-state index contributed by atoms with van der Waals surface area (Å²) in [5.41, 5.74) is 0.293. The van der Waals surface area contributed by atoms with Crippen LogP contribution in [-0.4, -0.2) is 6.61 Å². The van der Waals surface area contributed by atoms with Crippen LogP contribution in [0.1, 0.15) is 38.2 Å². The summed E-state index contributed by atoms with van der Waals surface area (Å²) in [6, 6.07) is 3.00. The first-order valence-electron chi connectivity index (χ1n) is 7.32. The molecule has 0 radical (unpaired) electrons. The zero-order chi connectivity index (χ0) is 14.5. The fraction of sp³-hybridized carbons (Fsp3) is 0.529. The molecular formula is C17H22F2O. The Kier molecular flexibility index (Phi) is 5.16. The van der Waals surface area contributed by atoms with Crippen LogP contribution in [0.25, 0.3) is 0 Å². The standard InChI is InChI=1S/C17H22F2O/c1-12-5-8-14(9-6-12)4-3-11-20-15-10-7-13(2)16(18)17(15)19/h3-4,7,10,12,14H,5-6,8-9,11H2,1-2H3. The van der Waals surface area contributed by atoms with Gasteiger partial charge in [-0.05, 0) is 43.2 Å². The smallest absolute Gasteiger partial charge is 0.200 e. The zero-order valence-corrected chi connectivity index (χ0v) is 12.2. The maximum absolute atomic E-state index is 13.6. The third-order valence-corrected chi connectivity index (χ3v) is 4.04. The molecule has 2 rings (SSSR count). The number of benzene rings is 1. The number of ether oxygens (including phenoxy) is 1. The highest BCUT2D eigenvalue weighted by Crippen LogP contribution is 2.29. The third-order valence-electron chi connectivity index (χ3n) is 4.04. The Bertz CT molecular complexity index is 474. The van der Waals surface area contributed by atoms with Crippen LogP contribution >= 0.6 is 0 Å². The molecule has 0 heterocycles. The highest BCUT2D eigenvalue weighted by molar-refractivity contribution is 5.30. The van der Waals surface area contributed by atoms with Crippen LogP contribution < -0.4 is 4.74 Å². The summed E-state index contributed by atoms with van der Waals surface area (Å²) in [6.07, 6.45) is 9.03. The normalized spacial score (nSPS) is 23.2. The lowest BCUT2D eigenvalue weighted by atomic mass is 9.83. The summed E-state index contributed by atoms with van der Waals surface area (Å²) in [6.45, 7) is 4.11. The molecule has 1 aliphatic rings. The van der Waals surface area contributed by atoms with E-state index in [1.54, 1.807) is 0 Å². The van der Waals surface area contributed by atoms with Crippen molar-refractivity contribution in [3.63, 3.8) is 0 Å². The number of hydrogen-bond donors (Lipinski definition) is 0. The molecule has 0 aromatic heterocycles. The molecule has 0 spiro atoms. The number of rotatable bonds is 4. The van der Waals surface area contributed by atoms with Gasteiger partial charge in [-0.2, -0.15) is 4.39 Å². The van der Waals surface area contributed by atoms with Crippen LogP contribution in [-0.2, 0) is 0 Å². The lowest BCUT2D eigenvalue weighted by molar-refractivity contribution is 0.320. The largest absolute Gasteiger partial charge is 0.486 e. The number of allylic oxidation sites excluding steroid dienone is 1. The van der Waals surface area contributed by atoms with Gasteiger partial charge in [0, 0.05) is 0 Å². The fourth-order valence-electron chi connectivity index (χ4n) is 2.60. The van der Waals surface area contributed by atoms with Crippen molar-refractivity contribution < 1.29 is 13.5 Å². The first kappa shape index (κ1) is 15.0. The lowest BCUT2D eigenvalue weighted by Crippen LogP contribution is -2.10. The molecule has 1 saturated carbocycles. The van der Waals surface area contributed by atoms with Gasteiger partial charge in [0.25, 0.3) is 0 Å². The van der Waals surface area contributed by atoms with Crippen LogP contribution in [0, 0.1) is 30.4 Å². The van der Waals surface area contributed by atoms with E-state index in [9.17, 15) is 8.78 Å². The van der Waals surface area contributed by atoms with Gasteiger partial charge < -0.3 is 4.74 Å². The minimum Gasteiger partial charge on any atom is -0.486 e. The van der Waals surface area contributed by atoms with Gasteiger partial charge in [0.1, 0.15) is 6.61 Å². The monoisotopic (exact) mass is 280 g/mol. The van der Waals surface area contributed by atoms with Crippen molar-refractivity contribution in [1.29, 1.82) is 0 Å². The molecule has 0 saturated heterocycles. The first-order chi connectivity index (χ1) is 9.58. The molecule has 3 heteroatoms. The summed E-state index contributed by atoms with van der Waals surface area (Å²) in [5.74, 6) is -0.303. The average Bonchev–Trinajstić information content (AvgIpc) is 2.45. The van der Waals surface area contributed by atoms with Gasteiger partial charge in [0.2, 0.25) is 5.82 Å². The molecule has 1 nitrogen and oxygen atoms in total. The highest BCUT2D eigenvalue weighted by atomic mass is 19.2. The van der Waals surface area contributed by atoms with E-state index < -0.39 is 11.6 Å². The van der Waals surface area contributed by atoms with Gasteiger partial charge in [-0.25, -0.2) is 4.39 Å². The molecule has 1 aromatic carbocycles. The van der Waals surface area contributed by atoms with E-state index in [0.29, 0.717) is 11.5 Å². The van der Waals surface area contributed by atoms with Crippen molar-refractivity contribution in [2.45, 2.75) is 39.5 Å². The summed E-state index contributed by atoms with van der Waals surface area (Å²) in [5, 5.41) is 0. The Hall–Kier alpha value is -1.38. The molecule has 0 N–H and O–H groups in total. The predicted octanol–water partition coefficient (Wildman–Crippen LogP) is 5.03. The van der Waals surface area contributed by atoms with Crippen LogP contribution in [0.5, 0.6) is 5.75 Å². The van der Waals surface area contributed by atoms with E-state index >= 15 is 0 Å². The Morgan fingerprint density at radius 2 is 1.85 bits per heavy atom. The third kappa shape index (κ3) is 3.81. The van der Waals surface area contributed by atoms with Crippen molar-refractivity contribution >= 4 is 0 Å². The lowest BCUT2D eigenvalue weighted by Gasteiger charge is -2.23. The molecule has 0 aliphatic heterocycles. The van der Waals surface area contributed by atoms with Gasteiger partial charge in [-0.3, -0.25) is 0 Å². The molecule has 0 unspecified atom stereocenters. The topological polar surface area (TPSA) is 9.23 Å².